The van der Waals surface area contributed by atoms with Crippen LogP contribution >= 0.6 is 11.9 Å². The lowest BCUT2D eigenvalue weighted by Crippen LogP contribution is -1.93. The molecular weight excluding hydrogens is 146 g/mol. The second-order valence-electron chi connectivity index (χ2n) is 2.05. The predicted octanol–water partition coefficient (Wildman–Crippen LogP) is 1.06. The largest absolute Gasteiger partial charge is 0.274 e. The topological polar surface area (TPSA) is 51.8 Å². The smallest absolute Gasteiger partial charge is 0.0748 e. The minimum atomic E-state index is 0.887. The predicted molar refractivity (Wildman–Crippen MR) is 41.6 cm³/mol. The van der Waals surface area contributed by atoms with Crippen molar-refractivity contribution < 1.29 is 0 Å². The van der Waals surface area contributed by atoms with Gasteiger partial charge in [-0.1, -0.05) is 0 Å². The monoisotopic (exact) mass is 155 g/mol. The molecule has 2 N–H and O–H groups in total. The third-order valence-corrected chi connectivity index (χ3v) is 1.85. The molecule has 0 aliphatic rings. The molecule has 0 unspecified atom stereocenters. The summed E-state index contributed by atoms with van der Waals surface area (Å²) in [5.74, 6) is 0. The number of nitrogens with two attached hydrogens (primary N) is 1. The third kappa shape index (κ3) is 1.46. The van der Waals surface area contributed by atoms with Crippen molar-refractivity contribution in [3.63, 3.8) is 0 Å². The van der Waals surface area contributed by atoms with E-state index in [-0.39, 0.29) is 0 Å². The van der Waals surface area contributed by atoms with Crippen LogP contribution in [0, 0.1) is 13.8 Å². The van der Waals surface area contributed by atoms with E-state index in [1.807, 2.05) is 19.9 Å². The summed E-state index contributed by atoms with van der Waals surface area (Å²) in [6, 6.07) is 1.92. The fourth-order valence-corrected chi connectivity index (χ4v) is 1.10. The summed E-state index contributed by atoms with van der Waals surface area (Å²) in [5.41, 5.74) is 1.79. The van der Waals surface area contributed by atoms with E-state index in [1.54, 1.807) is 0 Å². The van der Waals surface area contributed by atoms with E-state index in [2.05, 4.69) is 10.2 Å². The molecule has 0 aliphatic heterocycles. The molecule has 4 heteroatoms. The first-order valence-corrected chi connectivity index (χ1v) is 3.79. The zero-order valence-corrected chi connectivity index (χ0v) is 6.77. The van der Waals surface area contributed by atoms with Crippen LogP contribution in [-0.4, -0.2) is 10.2 Å². The normalized spacial score (nSPS) is 9.90. The lowest BCUT2D eigenvalue weighted by atomic mass is 10.4. The standard InChI is InChI=1S/C6H9N3S/c1-4-3-6(10-7)5(2)9-8-4/h3H,7H2,1-2H3. The van der Waals surface area contributed by atoms with E-state index in [9.17, 15) is 0 Å². The van der Waals surface area contributed by atoms with Gasteiger partial charge < -0.3 is 0 Å². The maximum atomic E-state index is 5.37. The van der Waals surface area contributed by atoms with Gasteiger partial charge >= 0.3 is 0 Å². The van der Waals surface area contributed by atoms with Gasteiger partial charge in [-0.15, -0.1) is 0 Å². The molecule has 54 valence electrons. The summed E-state index contributed by atoms with van der Waals surface area (Å²) in [6.45, 7) is 3.79. The van der Waals surface area contributed by atoms with E-state index in [1.165, 1.54) is 11.9 Å². The van der Waals surface area contributed by atoms with Gasteiger partial charge in [-0.25, -0.2) is 0 Å². The van der Waals surface area contributed by atoms with Crippen LogP contribution < -0.4 is 5.14 Å². The highest BCUT2D eigenvalue weighted by Gasteiger charge is 1.97. The summed E-state index contributed by atoms with van der Waals surface area (Å²) < 4.78 is 0. The molecule has 0 atom stereocenters. The Bertz CT molecular complexity index is 236. The second kappa shape index (κ2) is 2.98. The quantitative estimate of drug-likeness (QED) is 0.616. The Morgan fingerprint density at radius 1 is 1.40 bits per heavy atom. The zero-order valence-electron chi connectivity index (χ0n) is 5.96. The molecule has 1 rings (SSSR count). The SMILES string of the molecule is Cc1cc(SN)c(C)nn1. The molecule has 10 heavy (non-hydrogen) atoms. The highest BCUT2D eigenvalue weighted by atomic mass is 32.2. The van der Waals surface area contributed by atoms with Crippen LogP contribution in [0.5, 0.6) is 0 Å². The number of nitrogens with zero attached hydrogens (tertiary/aromatic N) is 2. The summed E-state index contributed by atoms with van der Waals surface area (Å²) in [4.78, 5) is 0.993. The van der Waals surface area contributed by atoms with Gasteiger partial charge in [-0.05, 0) is 31.9 Å². The number of hydrogen-bond donors (Lipinski definition) is 1. The maximum Gasteiger partial charge on any atom is 0.0748 e. The van der Waals surface area contributed by atoms with E-state index in [0.29, 0.717) is 0 Å². The Balaban J connectivity index is 3.09. The van der Waals surface area contributed by atoms with Gasteiger partial charge in [0.15, 0.2) is 0 Å². The van der Waals surface area contributed by atoms with E-state index in [4.69, 9.17) is 5.14 Å². The molecule has 0 aliphatic carbocycles. The molecular formula is C6H9N3S. The van der Waals surface area contributed by atoms with Crippen molar-refractivity contribution in [2.24, 2.45) is 5.14 Å². The van der Waals surface area contributed by atoms with Gasteiger partial charge in [-0.3, -0.25) is 5.14 Å². The van der Waals surface area contributed by atoms with E-state index in [0.717, 1.165) is 16.3 Å². The molecule has 0 amide bonds. The molecule has 0 saturated carbocycles. The summed E-state index contributed by atoms with van der Waals surface area (Å²) in [6.07, 6.45) is 0. The van der Waals surface area contributed by atoms with Crippen molar-refractivity contribution in [3.8, 4) is 0 Å². The highest BCUT2D eigenvalue weighted by molar-refractivity contribution is 7.97. The molecule has 0 spiro atoms. The van der Waals surface area contributed by atoms with Crippen molar-refractivity contribution in [2.75, 3.05) is 0 Å². The minimum absolute atomic E-state index is 0.887. The molecule has 3 nitrogen and oxygen atoms in total. The van der Waals surface area contributed by atoms with Gasteiger partial charge in [0.05, 0.1) is 11.4 Å². The first-order chi connectivity index (χ1) is 4.74. The van der Waals surface area contributed by atoms with Crippen molar-refractivity contribution in [1.29, 1.82) is 0 Å². The van der Waals surface area contributed by atoms with Crippen molar-refractivity contribution in [1.82, 2.24) is 10.2 Å². The Morgan fingerprint density at radius 2 is 2.10 bits per heavy atom. The van der Waals surface area contributed by atoms with E-state index < -0.39 is 0 Å². The molecule has 1 heterocycles. The van der Waals surface area contributed by atoms with Crippen LogP contribution in [0.4, 0.5) is 0 Å². The van der Waals surface area contributed by atoms with Gasteiger partial charge in [-0.2, -0.15) is 10.2 Å². The van der Waals surface area contributed by atoms with Crippen LogP contribution in [0.15, 0.2) is 11.0 Å². The van der Waals surface area contributed by atoms with Crippen LogP contribution in [0.25, 0.3) is 0 Å². The minimum Gasteiger partial charge on any atom is -0.274 e. The second-order valence-corrected chi connectivity index (χ2v) is 2.73. The number of aryl methyl sites for hydroxylation is 2. The van der Waals surface area contributed by atoms with Crippen LogP contribution in [-0.2, 0) is 0 Å². The Kier molecular flexibility index (Phi) is 2.24. The van der Waals surface area contributed by atoms with Crippen LogP contribution in [0.1, 0.15) is 11.4 Å². The molecule has 0 fully saturated rings. The molecule has 1 aromatic rings. The third-order valence-electron chi connectivity index (χ3n) is 1.18. The zero-order chi connectivity index (χ0) is 7.56. The Morgan fingerprint density at radius 3 is 2.60 bits per heavy atom. The molecule has 1 aromatic heterocycles. The first kappa shape index (κ1) is 7.50. The van der Waals surface area contributed by atoms with Crippen LogP contribution in [0.2, 0.25) is 0 Å². The fraction of sp³-hybridized carbons (Fsp3) is 0.333. The molecule has 0 radical (unpaired) electrons. The van der Waals surface area contributed by atoms with Gasteiger partial charge in [0, 0.05) is 4.90 Å². The van der Waals surface area contributed by atoms with Gasteiger partial charge in [0.2, 0.25) is 0 Å². The van der Waals surface area contributed by atoms with Crippen molar-refractivity contribution >= 4 is 11.9 Å². The van der Waals surface area contributed by atoms with Crippen molar-refractivity contribution in [3.05, 3.63) is 17.5 Å². The summed E-state index contributed by atoms with van der Waals surface area (Å²) in [7, 11) is 0. The first-order valence-electron chi connectivity index (χ1n) is 2.91. The average Bonchev–Trinajstić information content (AvgIpc) is 1.94. The average molecular weight is 155 g/mol. The number of rotatable bonds is 1. The van der Waals surface area contributed by atoms with Gasteiger partial charge in [0.25, 0.3) is 0 Å². The summed E-state index contributed by atoms with van der Waals surface area (Å²) in [5, 5.41) is 13.1. The van der Waals surface area contributed by atoms with E-state index >= 15 is 0 Å². The number of aromatic nitrogens is 2. The molecule has 0 saturated heterocycles. The number of hydrogen-bond acceptors (Lipinski definition) is 4. The Hall–Kier alpha value is -0.610. The maximum absolute atomic E-state index is 5.37. The molecule has 0 aromatic carbocycles. The van der Waals surface area contributed by atoms with Crippen molar-refractivity contribution in [2.45, 2.75) is 18.7 Å². The fourth-order valence-electron chi connectivity index (χ4n) is 0.645. The highest BCUT2D eigenvalue weighted by Crippen LogP contribution is 2.14. The Labute approximate surface area is 64.2 Å². The lowest BCUT2D eigenvalue weighted by molar-refractivity contribution is 0.903. The van der Waals surface area contributed by atoms with Crippen LogP contribution in [0.3, 0.4) is 0 Å². The molecule has 0 bridgehead atoms. The summed E-state index contributed by atoms with van der Waals surface area (Å²) >= 11 is 1.21. The lowest BCUT2D eigenvalue weighted by Gasteiger charge is -1.98. The van der Waals surface area contributed by atoms with Gasteiger partial charge in [0.1, 0.15) is 0 Å².